The molecule has 5 nitrogen and oxygen atoms in total. The Morgan fingerprint density at radius 3 is 2.67 bits per heavy atom. The number of halogens is 1. The molecule has 132 valence electrons. The summed E-state index contributed by atoms with van der Waals surface area (Å²) < 4.78 is 19.3. The van der Waals surface area contributed by atoms with Crippen LogP contribution in [-0.4, -0.2) is 51.9 Å². The maximum atomic E-state index is 13.4. The third-order valence-electron chi connectivity index (χ3n) is 5.15. The zero-order valence-electron chi connectivity index (χ0n) is 13.9. The highest BCUT2D eigenvalue weighted by atomic mass is 19.1. The summed E-state index contributed by atoms with van der Waals surface area (Å²) in [6.45, 7) is 3.55. The summed E-state index contributed by atoms with van der Waals surface area (Å²) in [6, 6.07) is 4.02. The summed E-state index contributed by atoms with van der Waals surface area (Å²) in [5, 5.41) is 19.5. The Morgan fingerprint density at radius 2 is 2.04 bits per heavy atom. The van der Waals surface area contributed by atoms with Crippen molar-refractivity contribution in [1.29, 1.82) is 0 Å². The number of amides is 1. The van der Waals surface area contributed by atoms with Crippen LogP contribution in [0.1, 0.15) is 38.2 Å². The van der Waals surface area contributed by atoms with Gasteiger partial charge in [-0.1, -0.05) is 6.07 Å². The number of nitrogens with zero attached hydrogens (tertiary/aromatic N) is 1. The largest absolute Gasteiger partial charge is 0.505 e. The van der Waals surface area contributed by atoms with Crippen LogP contribution in [0, 0.1) is 5.82 Å². The first-order valence-electron chi connectivity index (χ1n) is 8.40. The highest BCUT2D eigenvalue weighted by Crippen LogP contribution is 2.39. The Hall–Kier alpha value is -1.66. The number of carbonyl (C=O) groups is 1. The molecular weight excluding hydrogens is 313 g/mol. The zero-order chi connectivity index (χ0) is 17.4. The zero-order valence-corrected chi connectivity index (χ0v) is 13.9. The summed E-state index contributed by atoms with van der Waals surface area (Å²) in [6.07, 6.45) is 2.77. The van der Waals surface area contributed by atoms with Crippen molar-refractivity contribution in [3.05, 3.63) is 29.6 Å². The molecule has 2 heterocycles. The van der Waals surface area contributed by atoms with Gasteiger partial charge in [-0.05, 0) is 43.9 Å². The lowest BCUT2D eigenvalue weighted by Crippen LogP contribution is -2.54. The molecule has 2 fully saturated rings. The van der Waals surface area contributed by atoms with E-state index < -0.39 is 17.2 Å². The molecule has 1 atom stereocenters. The predicted molar refractivity (Wildman–Crippen MR) is 86.1 cm³/mol. The van der Waals surface area contributed by atoms with E-state index in [1.165, 1.54) is 12.1 Å². The molecule has 3 rings (SSSR count). The molecule has 2 saturated heterocycles. The maximum absolute atomic E-state index is 13.4. The highest BCUT2D eigenvalue weighted by Gasteiger charge is 2.44. The van der Waals surface area contributed by atoms with Crippen molar-refractivity contribution in [3.63, 3.8) is 0 Å². The van der Waals surface area contributed by atoms with Crippen molar-refractivity contribution < 1.29 is 24.1 Å². The number of benzene rings is 1. The number of ether oxygens (including phenoxy) is 1. The van der Waals surface area contributed by atoms with Crippen molar-refractivity contribution in [1.82, 2.24) is 4.90 Å². The number of aromatic hydroxyl groups is 1. The van der Waals surface area contributed by atoms with Gasteiger partial charge >= 0.3 is 0 Å². The van der Waals surface area contributed by atoms with Gasteiger partial charge in [-0.25, -0.2) is 4.39 Å². The lowest BCUT2D eigenvalue weighted by atomic mass is 9.78. The van der Waals surface area contributed by atoms with E-state index in [1.54, 1.807) is 11.0 Å². The molecule has 0 radical (unpaired) electrons. The van der Waals surface area contributed by atoms with Crippen LogP contribution in [0.5, 0.6) is 5.75 Å². The third kappa shape index (κ3) is 3.70. The quantitative estimate of drug-likeness (QED) is 0.866. The fraction of sp³-hybridized carbons (Fsp3) is 0.611. The molecule has 2 N–H and O–H groups in total. The molecule has 1 aromatic rings. The van der Waals surface area contributed by atoms with Gasteiger partial charge in [0.1, 0.15) is 0 Å². The van der Waals surface area contributed by atoms with Gasteiger partial charge in [0.15, 0.2) is 11.6 Å². The monoisotopic (exact) mass is 337 g/mol. The second-order valence-electron chi connectivity index (χ2n) is 7.30. The number of piperidine rings is 1. The van der Waals surface area contributed by atoms with Gasteiger partial charge in [0.05, 0.1) is 24.2 Å². The van der Waals surface area contributed by atoms with Crippen LogP contribution in [0.15, 0.2) is 18.2 Å². The van der Waals surface area contributed by atoms with Crippen molar-refractivity contribution in [2.75, 3.05) is 19.7 Å². The van der Waals surface area contributed by atoms with Crippen LogP contribution in [0.2, 0.25) is 0 Å². The SMILES string of the molecule is CC1(O)CCOC2(CCN(C(=O)Cc3ccc(O)c(F)c3)CC2)C1. The van der Waals surface area contributed by atoms with Crippen LogP contribution >= 0.6 is 0 Å². The Morgan fingerprint density at radius 1 is 1.33 bits per heavy atom. The number of hydrogen-bond acceptors (Lipinski definition) is 4. The fourth-order valence-corrected chi connectivity index (χ4v) is 3.75. The van der Waals surface area contributed by atoms with E-state index >= 15 is 0 Å². The van der Waals surface area contributed by atoms with Gasteiger partial charge in [0, 0.05) is 19.5 Å². The topological polar surface area (TPSA) is 70.0 Å². The van der Waals surface area contributed by atoms with E-state index in [0.29, 0.717) is 50.9 Å². The third-order valence-corrected chi connectivity index (χ3v) is 5.15. The first kappa shape index (κ1) is 17.2. The Kier molecular flexibility index (Phi) is 4.53. The van der Waals surface area contributed by atoms with Crippen LogP contribution in [0.3, 0.4) is 0 Å². The molecule has 0 aliphatic carbocycles. The molecular formula is C18H24FNO4. The standard InChI is InChI=1S/C18H24FNO4/c1-17(23)6-9-24-18(12-17)4-7-20(8-5-18)16(22)11-13-2-3-15(21)14(19)10-13/h2-3,10,21,23H,4-9,11-12H2,1H3. The van der Waals surface area contributed by atoms with E-state index in [-0.39, 0.29) is 17.9 Å². The van der Waals surface area contributed by atoms with Crippen LogP contribution in [-0.2, 0) is 16.0 Å². The summed E-state index contributed by atoms with van der Waals surface area (Å²) in [5.41, 5.74) is -0.482. The average Bonchev–Trinajstić information content (AvgIpc) is 2.50. The fourth-order valence-electron chi connectivity index (χ4n) is 3.75. The minimum absolute atomic E-state index is 0.0579. The molecule has 1 unspecified atom stereocenters. The van der Waals surface area contributed by atoms with Crippen LogP contribution in [0.4, 0.5) is 4.39 Å². The number of likely N-dealkylation sites (tertiary alicyclic amines) is 1. The number of aliphatic hydroxyl groups is 1. The van der Waals surface area contributed by atoms with Crippen molar-refractivity contribution >= 4 is 5.91 Å². The number of phenols is 1. The number of phenolic OH excluding ortho intramolecular Hbond substituents is 1. The molecule has 1 amide bonds. The van der Waals surface area contributed by atoms with Gasteiger partial charge in [0.25, 0.3) is 0 Å². The maximum Gasteiger partial charge on any atom is 0.226 e. The molecule has 2 aliphatic rings. The van der Waals surface area contributed by atoms with E-state index in [4.69, 9.17) is 4.74 Å². The second-order valence-corrected chi connectivity index (χ2v) is 7.30. The van der Waals surface area contributed by atoms with Gasteiger partial charge in [-0.2, -0.15) is 0 Å². The van der Waals surface area contributed by atoms with Crippen LogP contribution in [0.25, 0.3) is 0 Å². The Bertz CT molecular complexity index is 623. The molecule has 2 aliphatic heterocycles. The Balaban J connectivity index is 1.58. The summed E-state index contributed by atoms with van der Waals surface area (Å²) in [7, 11) is 0. The Labute approximate surface area is 141 Å². The van der Waals surface area contributed by atoms with Gasteiger partial charge in [0.2, 0.25) is 5.91 Å². The molecule has 0 saturated carbocycles. The van der Waals surface area contributed by atoms with E-state index in [2.05, 4.69) is 0 Å². The first-order chi connectivity index (χ1) is 11.3. The average molecular weight is 337 g/mol. The van der Waals surface area contributed by atoms with Gasteiger partial charge in [-0.3, -0.25) is 4.79 Å². The summed E-state index contributed by atoms with van der Waals surface area (Å²) >= 11 is 0. The smallest absolute Gasteiger partial charge is 0.226 e. The van der Waals surface area contributed by atoms with Crippen molar-refractivity contribution in [3.8, 4) is 5.75 Å². The molecule has 6 heteroatoms. The molecule has 0 bridgehead atoms. The van der Waals surface area contributed by atoms with Crippen molar-refractivity contribution in [2.24, 2.45) is 0 Å². The molecule has 24 heavy (non-hydrogen) atoms. The highest BCUT2D eigenvalue weighted by molar-refractivity contribution is 5.79. The van der Waals surface area contributed by atoms with E-state index in [1.807, 2.05) is 6.92 Å². The lowest BCUT2D eigenvalue weighted by Gasteiger charge is -2.48. The minimum atomic E-state index is -0.712. The lowest BCUT2D eigenvalue weighted by molar-refractivity contribution is -0.175. The van der Waals surface area contributed by atoms with Crippen LogP contribution < -0.4 is 0 Å². The van der Waals surface area contributed by atoms with Gasteiger partial charge in [-0.15, -0.1) is 0 Å². The first-order valence-corrected chi connectivity index (χ1v) is 8.40. The molecule has 1 spiro atoms. The summed E-state index contributed by atoms with van der Waals surface area (Å²) in [4.78, 5) is 14.2. The number of hydrogen-bond donors (Lipinski definition) is 2. The van der Waals surface area contributed by atoms with E-state index in [9.17, 15) is 19.4 Å². The molecule has 1 aromatic carbocycles. The number of rotatable bonds is 2. The molecule has 0 aromatic heterocycles. The van der Waals surface area contributed by atoms with Gasteiger partial charge < -0.3 is 19.8 Å². The second kappa shape index (κ2) is 6.33. The predicted octanol–water partition coefficient (Wildman–Crippen LogP) is 2.00. The normalized spacial score (nSPS) is 26.5. The van der Waals surface area contributed by atoms with Crippen molar-refractivity contribution in [2.45, 2.75) is 50.2 Å². The van der Waals surface area contributed by atoms with E-state index in [0.717, 1.165) is 0 Å². The minimum Gasteiger partial charge on any atom is -0.505 e. The number of carbonyl (C=O) groups excluding carboxylic acids is 1. The summed E-state index contributed by atoms with van der Waals surface area (Å²) in [5.74, 6) is -1.18.